The van der Waals surface area contributed by atoms with Crippen molar-refractivity contribution in [3.8, 4) is 0 Å². The summed E-state index contributed by atoms with van der Waals surface area (Å²) < 4.78 is 0. The van der Waals surface area contributed by atoms with Crippen LogP contribution in [0.25, 0.3) is 0 Å². The molecule has 1 aliphatic carbocycles. The summed E-state index contributed by atoms with van der Waals surface area (Å²) in [6.07, 6.45) is 6.88. The highest BCUT2D eigenvalue weighted by molar-refractivity contribution is 6.30. The van der Waals surface area contributed by atoms with Crippen LogP contribution in [0.4, 0.5) is 5.95 Å². The van der Waals surface area contributed by atoms with Crippen LogP contribution < -0.4 is 5.32 Å². The van der Waals surface area contributed by atoms with Crippen LogP contribution in [0.5, 0.6) is 0 Å². The lowest BCUT2D eigenvalue weighted by atomic mass is 9.92. The van der Waals surface area contributed by atoms with Gasteiger partial charge in [-0.2, -0.15) is 0 Å². The summed E-state index contributed by atoms with van der Waals surface area (Å²) in [5, 5.41) is 3.92. The first kappa shape index (κ1) is 10.7. The molecule has 1 N–H and O–H groups in total. The van der Waals surface area contributed by atoms with Crippen molar-refractivity contribution in [2.45, 2.75) is 39.2 Å². The third-order valence-electron chi connectivity index (χ3n) is 2.92. The van der Waals surface area contributed by atoms with E-state index in [1.54, 1.807) is 12.4 Å². The fraction of sp³-hybridized carbons (Fsp3) is 0.636. The number of aromatic nitrogens is 2. The highest BCUT2D eigenvalue weighted by Gasteiger charge is 2.30. The monoisotopic (exact) mass is 225 g/mol. The Morgan fingerprint density at radius 3 is 2.60 bits per heavy atom. The Bertz CT molecular complexity index is 334. The molecule has 0 radical (unpaired) electrons. The Hall–Kier alpha value is -0.830. The summed E-state index contributed by atoms with van der Waals surface area (Å²) in [6.45, 7) is 4.61. The lowest BCUT2D eigenvalue weighted by Crippen LogP contribution is -2.18. The summed E-state index contributed by atoms with van der Waals surface area (Å²) in [6, 6.07) is 0.501. The van der Waals surface area contributed by atoms with Gasteiger partial charge in [-0.3, -0.25) is 0 Å². The van der Waals surface area contributed by atoms with Crippen LogP contribution in [0.1, 0.15) is 33.1 Å². The molecule has 0 saturated heterocycles. The van der Waals surface area contributed by atoms with Gasteiger partial charge in [0.2, 0.25) is 5.95 Å². The molecule has 4 heteroatoms. The first-order valence-electron chi connectivity index (χ1n) is 5.29. The summed E-state index contributed by atoms with van der Waals surface area (Å²) >= 11 is 5.72. The van der Waals surface area contributed by atoms with Gasteiger partial charge < -0.3 is 5.32 Å². The van der Waals surface area contributed by atoms with E-state index in [0.29, 0.717) is 22.4 Å². The summed E-state index contributed by atoms with van der Waals surface area (Å²) in [5.41, 5.74) is 0.449. The molecule has 1 unspecified atom stereocenters. The smallest absolute Gasteiger partial charge is 0.222 e. The van der Waals surface area contributed by atoms with E-state index < -0.39 is 0 Å². The van der Waals surface area contributed by atoms with Crippen LogP contribution >= 0.6 is 11.6 Å². The first-order chi connectivity index (χ1) is 7.05. The van der Waals surface area contributed by atoms with Crippen LogP contribution in [0.15, 0.2) is 12.4 Å². The fourth-order valence-electron chi connectivity index (χ4n) is 2.13. The van der Waals surface area contributed by atoms with E-state index in [-0.39, 0.29) is 0 Å². The average molecular weight is 226 g/mol. The predicted octanol–water partition coefficient (Wildman–Crippen LogP) is 3.12. The van der Waals surface area contributed by atoms with E-state index in [4.69, 9.17) is 11.6 Å². The first-order valence-corrected chi connectivity index (χ1v) is 5.67. The molecule has 1 fully saturated rings. The molecule has 0 aliphatic heterocycles. The maximum Gasteiger partial charge on any atom is 0.222 e. The van der Waals surface area contributed by atoms with Crippen molar-refractivity contribution >= 4 is 17.5 Å². The van der Waals surface area contributed by atoms with Gasteiger partial charge in [0.05, 0.1) is 17.4 Å². The zero-order valence-electron chi connectivity index (χ0n) is 9.13. The Kier molecular flexibility index (Phi) is 2.83. The number of anilines is 1. The largest absolute Gasteiger partial charge is 0.351 e. The summed E-state index contributed by atoms with van der Waals surface area (Å²) in [5.74, 6) is 0.683. The van der Waals surface area contributed by atoms with E-state index >= 15 is 0 Å². The highest BCUT2D eigenvalue weighted by Crippen LogP contribution is 2.37. The molecule has 82 valence electrons. The molecule has 0 amide bonds. The molecule has 15 heavy (non-hydrogen) atoms. The molecule has 0 spiro atoms. The molecule has 1 heterocycles. The van der Waals surface area contributed by atoms with Crippen LogP contribution in [-0.2, 0) is 0 Å². The van der Waals surface area contributed by atoms with Crippen molar-refractivity contribution in [2.75, 3.05) is 5.32 Å². The molecule has 1 aliphatic rings. The number of halogens is 1. The topological polar surface area (TPSA) is 37.8 Å². The molecule has 0 bridgehead atoms. The van der Waals surface area contributed by atoms with Crippen molar-refractivity contribution in [3.63, 3.8) is 0 Å². The average Bonchev–Trinajstić information content (AvgIpc) is 2.50. The zero-order chi connectivity index (χ0) is 10.9. The van der Waals surface area contributed by atoms with Crippen LogP contribution in [0.2, 0.25) is 5.02 Å². The molecule has 1 aromatic heterocycles. The van der Waals surface area contributed by atoms with E-state index in [1.807, 2.05) is 0 Å². The minimum atomic E-state index is 0.449. The van der Waals surface area contributed by atoms with Crippen molar-refractivity contribution in [2.24, 2.45) is 5.41 Å². The van der Waals surface area contributed by atoms with Gasteiger partial charge in [-0.05, 0) is 24.7 Å². The van der Waals surface area contributed by atoms with E-state index in [2.05, 4.69) is 29.1 Å². The van der Waals surface area contributed by atoms with Gasteiger partial charge >= 0.3 is 0 Å². The number of hydrogen-bond acceptors (Lipinski definition) is 3. The Morgan fingerprint density at radius 1 is 1.40 bits per heavy atom. The van der Waals surface area contributed by atoms with Gasteiger partial charge in [0.15, 0.2) is 0 Å². The van der Waals surface area contributed by atoms with Crippen molar-refractivity contribution in [1.29, 1.82) is 0 Å². The molecule has 1 atom stereocenters. The normalized spacial score (nSPS) is 24.1. The molecule has 3 nitrogen and oxygen atoms in total. The van der Waals surface area contributed by atoms with E-state index in [9.17, 15) is 0 Å². The SMILES string of the molecule is CC1(C)CCC(Nc2ncc(Cl)cn2)C1. The zero-order valence-corrected chi connectivity index (χ0v) is 9.88. The molecule has 0 aromatic carbocycles. The minimum absolute atomic E-state index is 0.449. The number of rotatable bonds is 2. The Morgan fingerprint density at radius 2 is 2.07 bits per heavy atom. The third-order valence-corrected chi connectivity index (χ3v) is 3.12. The number of nitrogens with zero attached hydrogens (tertiary/aromatic N) is 2. The number of nitrogens with one attached hydrogen (secondary N) is 1. The molecule has 1 aromatic rings. The van der Waals surface area contributed by atoms with Gasteiger partial charge in [-0.25, -0.2) is 9.97 Å². The van der Waals surface area contributed by atoms with Crippen LogP contribution in [0, 0.1) is 5.41 Å². The second-order valence-corrected chi connectivity index (χ2v) is 5.41. The van der Waals surface area contributed by atoms with Gasteiger partial charge in [-0.15, -0.1) is 0 Å². The summed E-state index contributed by atoms with van der Waals surface area (Å²) in [7, 11) is 0. The van der Waals surface area contributed by atoms with Gasteiger partial charge in [0, 0.05) is 6.04 Å². The Balaban J connectivity index is 1.96. The van der Waals surface area contributed by atoms with E-state index in [0.717, 1.165) is 0 Å². The lowest BCUT2D eigenvalue weighted by molar-refractivity contribution is 0.378. The fourth-order valence-corrected chi connectivity index (χ4v) is 2.23. The van der Waals surface area contributed by atoms with Gasteiger partial charge in [0.1, 0.15) is 0 Å². The molecular weight excluding hydrogens is 210 g/mol. The second-order valence-electron chi connectivity index (χ2n) is 4.97. The summed E-state index contributed by atoms with van der Waals surface area (Å²) in [4.78, 5) is 8.27. The molecule has 1 saturated carbocycles. The van der Waals surface area contributed by atoms with Crippen molar-refractivity contribution < 1.29 is 0 Å². The van der Waals surface area contributed by atoms with Gasteiger partial charge in [0.25, 0.3) is 0 Å². The van der Waals surface area contributed by atoms with Crippen LogP contribution in [-0.4, -0.2) is 16.0 Å². The molecule has 2 rings (SSSR count). The van der Waals surface area contributed by atoms with Gasteiger partial charge in [-0.1, -0.05) is 25.4 Å². The quantitative estimate of drug-likeness (QED) is 0.841. The molecular formula is C11H16ClN3. The minimum Gasteiger partial charge on any atom is -0.351 e. The van der Waals surface area contributed by atoms with E-state index in [1.165, 1.54) is 19.3 Å². The third kappa shape index (κ3) is 2.81. The Labute approximate surface area is 95.3 Å². The predicted molar refractivity (Wildman–Crippen MR) is 62.1 cm³/mol. The maximum atomic E-state index is 5.72. The lowest BCUT2D eigenvalue weighted by Gasteiger charge is -2.17. The number of hydrogen-bond donors (Lipinski definition) is 1. The second kappa shape index (κ2) is 3.97. The van der Waals surface area contributed by atoms with Crippen LogP contribution in [0.3, 0.4) is 0 Å². The highest BCUT2D eigenvalue weighted by atomic mass is 35.5. The maximum absolute atomic E-state index is 5.72. The van der Waals surface area contributed by atoms with Crippen molar-refractivity contribution in [1.82, 2.24) is 9.97 Å². The standard InChI is InChI=1S/C11H16ClN3/c1-11(2)4-3-9(5-11)15-10-13-6-8(12)7-14-10/h6-7,9H,3-5H2,1-2H3,(H,13,14,15). The van der Waals surface area contributed by atoms with Crippen molar-refractivity contribution in [3.05, 3.63) is 17.4 Å².